The molecule has 0 unspecified atom stereocenters. The molecule has 7 heteroatoms. The Morgan fingerprint density at radius 1 is 1.21 bits per heavy atom. The summed E-state index contributed by atoms with van der Waals surface area (Å²) >= 11 is 4.86. The van der Waals surface area contributed by atoms with Crippen LogP contribution in [0.3, 0.4) is 0 Å². The molecule has 28 heavy (non-hydrogen) atoms. The molecule has 4 rings (SSSR count). The first kappa shape index (κ1) is 18.7. The number of carbonyl (C=O) groups is 1. The van der Waals surface area contributed by atoms with Gasteiger partial charge in [-0.25, -0.2) is 4.98 Å². The van der Waals surface area contributed by atoms with Gasteiger partial charge in [-0.1, -0.05) is 27.3 Å². The summed E-state index contributed by atoms with van der Waals surface area (Å²) in [6.45, 7) is 2.86. The third-order valence-corrected chi connectivity index (χ3v) is 5.69. The van der Waals surface area contributed by atoms with Crippen LogP contribution in [0.2, 0.25) is 0 Å². The molecule has 0 atom stereocenters. The van der Waals surface area contributed by atoms with Crippen molar-refractivity contribution in [1.82, 2.24) is 4.98 Å². The molecule has 0 saturated heterocycles. The second kappa shape index (κ2) is 8.16. The van der Waals surface area contributed by atoms with E-state index in [9.17, 15) is 4.79 Å². The minimum atomic E-state index is -0.131. The number of carbonyl (C=O) groups excluding carboxylic acids is 1. The monoisotopic (exact) mass is 456 g/mol. The van der Waals surface area contributed by atoms with Gasteiger partial charge in [0.1, 0.15) is 11.5 Å². The molecule has 0 radical (unpaired) electrons. The van der Waals surface area contributed by atoms with E-state index in [0.717, 1.165) is 20.4 Å². The average molecular weight is 457 g/mol. The summed E-state index contributed by atoms with van der Waals surface area (Å²) in [5.41, 5.74) is 1.42. The number of halogens is 1. The normalized spacial score (nSPS) is 10.9. The molecule has 2 aromatic carbocycles. The second-order valence-corrected chi connectivity index (χ2v) is 7.96. The fourth-order valence-electron chi connectivity index (χ4n) is 2.80. The number of hydrogen-bond donors (Lipinski definition) is 0. The molecule has 0 aliphatic rings. The van der Waals surface area contributed by atoms with E-state index in [4.69, 9.17) is 9.15 Å². The number of hydrogen-bond acceptors (Lipinski definition) is 5. The molecule has 142 valence electrons. The SMILES string of the molecule is CCOc1ccc2nc(N(Cc3ccco3)C(=O)c3ccc(Br)cc3)sc2c1. The summed E-state index contributed by atoms with van der Waals surface area (Å²) in [6.07, 6.45) is 1.60. The highest BCUT2D eigenvalue weighted by Crippen LogP contribution is 2.33. The van der Waals surface area contributed by atoms with E-state index in [1.807, 2.05) is 49.4 Å². The minimum Gasteiger partial charge on any atom is -0.494 e. The summed E-state index contributed by atoms with van der Waals surface area (Å²) < 4.78 is 12.9. The van der Waals surface area contributed by atoms with Gasteiger partial charge in [-0.3, -0.25) is 9.69 Å². The molecule has 2 heterocycles. The molecule has 1 amide bonds. The number of fused-ring (bicyclic) bond motifs is 1. The molecule has 2 aromatic heterocycles. The predicted molar refractivity (Wildman–Crippen MR) is 114 cm³/mol. The zero-order valence-electron chi connectivity index (χ0n) is 15.1. The van der Waals surface area contributed by atoms with Crippen LogP contribution in [0, 0.1) is 0 Å². The molecular weight excluding hydrogens is 440 g/mol. The first-order valence-corrected chi connectivity index (χ1v) is 10.4. The van der Waals surface area contributed by atoms with Crippen LogP contribution in [0.15, 0.2) is 69.8 Å². The van der Waals surface area contributed by atoms with Crippen molar-refractivity contribution in [3.05, 3.63) is 76.7 Å². The van der Waals surface area contributed by atoms with Crippen molar-refractivity contribution in [2.75, 3.05) is 11.5 Å². The summed E-state index contributed by atoms with van der Waals surface area (Å²) in [5.74, 6) is 1.36. The lowest BCUT2D eigenvalue weighted by atomic mass is 10.2. The van der Waals surface area contributed by atoms with Crippen LogP contribution in [0.1, 0.15) is 23.0 Å². The molecule has 0 spiro atoms. The predicted octanol–water partition coefficient (Wildman–Crippen LogP) is 5.90. The van der Waals surface area contributed by atoms with Gasteiger partial charge < -0.3 is 9.15 Å². The van der Waals surface area contributed by atoms with Crippen LogP contribution in [-0.2, 0) is 6.54 Å². The fraction of sp³-hybridized carbons (Fsp3) is 0.143. The van der Waals surface area contributed by atoms with Gasteiger partial charge in [-0.15, -0.1) is 0 Å². The van der Waals surface area contributed by atoms with Crippen LogP contribution in [0.4, 0.5) is 5.13 Å². The molecular formula is C21H17BrN2O3S. The Labute approximate surface area is 174 Å². The van der Waals surface area contributed by atoms with Gasteiger partial charge in [0.25, 0.3) is 5.91 Å². The van der Waals surface area contributed by atoms with Crippen molar-refractivity contribution in [2.45, 2.75) is 13.5 Å². The van der Waals surface area contributed by atoms with E-state index in [1.165, 1.54) is 11.3 Å². The lowest BCUT2D eigenvalue weighted by Gasteiger charge is -2.18. The largest absolute Gasteiger partial charge is 0.494 e. The van der Waals surface area contributed by atoms with E-state index in [2.05, 4.69) is 20.9 Å². The maximum atomic E-state index is 13.2. The molecule has 0 aliphatic carbocycles. The topological polar surface area (TPSA) is 55.6 Å². The Kier molecular flexibility index (Phi) is 5.45. The zero-order chi connectivity index (χ0) is 19.5. The van der Waals surface area contributed by atoms with Gasteiger partial charge in [0.2, 0.25) is 0 Å². The smallest absolute Gasteiger partial charge is 0.260 e. The quantitative estimate of drug-likeness (QED) is 0.362. The van der Waals surface area contributed by atoms with E-state index < -0.39 is 0 Å². The third-order valence-electron chi connectivity index (χ3n) is 4.12. The van der Waals surface area contributed by atoms with Crippen LogP contribution in [0.25, 0.3) is 10.2 Å². The van der Waals surface area contributed by atoms with Crippen molar-refractivity contribution in [3.8, 4) is 5.75 Å². The molecule has 0 N–H and O–H groups in total. The van der Waals surface area contributed by atoms with Crippen molar-refractivity contribution >= 4 is 48.5 Å². The first-order valence-electron chi connectivity index (χ1n) is 8.77. The molecule has 0 aliphatic heterocycles. The Morgan fingerprint density at radius 3 is 2.75 bits per heavy atom. The van der Waals surface area contributed by atoms with Crippen LogP contribution in [-0.4, -0.2) is 17.5 Å². The zero-order valence-corrected chi connectivity index (χ0v) is 17.5. The summed E-state index contributed by atoms with van der Waals surface area (Å²) in [5, 5.41) is 0.618. The Balaban J connectivity index is 1.73. The van der Waals surface area contributed by atoms with Gasteiger partial charge in [-0.05, 0) is 61.5 Å². The minimum absolute atomic E-state index is 0.131. The third kappa shape index (κ3) is 3.95. The molecule has 5 nitrogen and oxygen atoms in total. The van der Waals surface area contributed by atoms with E-state index >= 15 is 0 Å². The number of amides is 1. The van der Waals surface area contributed by atoms with Gasteiger partial charge in [0.05, 0.1) is 29.6 Å². The van der Waals surface area contributed by atoms with Crippen molar-refractivity contribution < 1.29 is 13.9 Å². The summed E-state index contributed by atoms with van der Waals surface area (Å²) in [7, 11) is 0. The van der Waals surface area contributed by atoms with Gasteiger partial charge in [-0.2, -0.15) is 0 Å². The highest BCUT2D eigenvalue weighted by Gasteiger charge is 2.23. The number of thiazole rings is 1. The van der Waals surface area contributed by atoms with Crippen LogP contribution < -0.4 is 9.64 Å². The molecule has 0 bridgehead atoms. The van der Waals surface area contributed by atoms with Gasteiger partial charge in [0, 0.05) is 10.0 Å². The highest BCUT2D eigenvalue weighted by atomic mass is 79.9. The molecule has 0 saturated carbocycles. The number of rotatable bonds is 6. The summed E-state index contributed by atoms with van der Waals surface area (Å²) in [6, 6.07) is 16.7. The first-order chi connectivity index (χ1) is 13.6. The molecule has 0 fully saturated rings. The number of furan rings is 1. The standard InChI is InChI=1S/C21H17BrN2O3S/c1-2-26-16-9-10-18-19(12-16)28-21(23-18)24(13-17-4-3-11-27-17)20(25)14-5-7-15(22)8-6-14/h3-12H,2,13H2,1H3. The number of ether oxygens (including phenoxy) is 1. The maximum Gasteiger partial charge on any atom is 0.260 e. The van der Waals surface area contributed by atoms with Crippen molar-refractivity contribution in [3.63, 3.8) is 0 Å². The van der Waals surface area contributed by atoms with Crippen LogP contribution in [0.5, 0.6) is 5.75 Å². The second-order valence-electron chi connectivity index (χ2n) is 6.04. The maximum absolute atomic E-state index is 13.2. The number of nitrogens with zero attached hydrogens (tertiary/aromatic N) is 2. The average Bonchev–Trinajstić information content (AvgIpc) is 3.35. The molecule has 4 aromatic rings. The van der Waals surface area contributed by atoms with Crippen molar-refractivity contribution in [1.29, 1.82) is 0 Å². The van der Waals surface area contributed by atoms with Crippen LogP contribution >= 0.6 is 27.3 Å². The Hall–Kier alpha value is -2.64. The van der Waals surface area contributed by atoms with E-state index in [1.54, 1.807) is 23.3 Å². The number of aromatic nitrogens is 1. The number of benzene rings is 2. The van der Waals surface area contributed by atoms with E-state index in [-0.39, 0.29) is 5.91 Å². The lowest BCUT2D eigenvalue weighted by Crippen LogP contribution is -2.30. The van der Waals surface area contributed by atoms with E-state index in [0.29, 0.717) is 29.6 Å². The fourth-order valence-corrected chi connectivity index (χ4v) is 4.05. The van der Waals surface area contributed by atoms with Gasteiger partial charge in [0.15, 0.2) is 5.13 Å². The lowest BCUT2D eigenvalue weighted by molar-refractivity contribution is 0.0983. The number of anilines is 1. The van der Waals surface area contributed by atoms with Crippen molar-refractivity contribution in [2.24, 2.45) is 0 Å². The van der Waals surface area contributed by atoms with Gasteiger partial charge >= 0.3 is 0 Å². The summed E-state index contributed by atoms with van der Waals surface area (Å²) in [4.78, 5) is 19.6. The highest BCUT2D eigenvalue weighted by molar-refractivity contribution is 9.10. The Morgan fingerprint density at radius 2 is 2.04 bits per heavy atom. The Bertz CT molecular complexity index is 1090.